The summed E-state index contributed by atoms with van der Waals surface area (Å²) in [5.74, 6) is -0.649. The van der Waals surface area contributed by atoms with E-state index in [-0.39, 0.29) is 30.7 Å². The molecule has 1 aromatic heterocycles. The van der Waals surface area contributed by atoms with E-state index in [2.05, 4.69) is 22.7 Å². The number of aliphatic hydroxyl groups is 1. The van der Waals surface area contributed by atoms with Crippen LogP contribution < -0.4 is 10.6 Å². The number of halogens is 3. The van der Waals surface area contributed by atoms with E-state index in [0.717, 1.165) is 49.8 Å². The maximum Gasteiger partial charge on any atom is 0.416 e. The van der Waals surface area contributed by atoms with Crippen LogP contribution in [-0.2, 0) is 25.7 Å². The number of nitrogens with one attached hydrogen (secondary N) is 2. The minimum Gasteiger partial charge on any atom is -0.390 e. The minimum atomic E-state index is -4.44. The summed E-state index contributed by atoms with van der Waals surface area (Å²) in [5, 5.41) is 21.5. The molecule has 1 saturated heterocycles. The first-order valence-corrected chi connectivity index (χ1v) is 15.4. The highest BCUT2D eigenvalue weighted by molar-refractivity contribution is 5.98. The normalized spacial score (nSPS) is 16.9. The largest absolute Gasteiger partial charge is 0.416 e. The lowest BCUT2D eigenvalue weighted by atomic mass is 9.98. The Hall–Kier alpha value is -3.70. The minimum absolute atomic E-state index is 0.0228. The predicted octanol–water partition coefficient (Wildman–Crippen LogP) is 5.21. The van der Waals surface area contributed by atoms with Crippen LogP contribution in [0.5, 0.6) is 0 Å². The first-order valence-electron chi connectivity index (χ1n) is 15.4. The molecule has 0 spiro atoms. The summed E-state index contributed by atoms with van der Waals surface area (Å²) in [4.78, 5) is 29.0. The molecule has 11 heteroatoms. The second kappa shape index (κ2) is 15.3. The molecule has 2 aromatic carbocycles. The maximum atomic E-state index is 13.6. The number of rotatable bonds is 13. The number of benzene rings is 2. The number of nitrogens with zero attached hydrogens (tertiary/aromatic N) is 3. The van der Waals surface area contributed by atoms with Gasteiger partial charge in [0.25, 0.3) is 11.8 Å². The number of amides is 2. The van der Waals surface area contributed by atoms with Crippen molar-refractivity contribution in [3.05, 3.63) is 88.7 Å². The van der Waals surface area contributed by atoms with E-state index in [1.807, 2.05) is 42.2 Å². The average Bonchev–Trinajstić information content (AvgIpc) is 3.46. The number of aryl methyl sites for hydroxylation is 1. The first kappa shape index (κ1) is 33.2. The average molecular weight is 614 g/mol. The fourth-order valence-electron chi connectivity index (χ4n) is 5.75. The Balaban J connectivity index is 1.47. The van der Waals surface area contributed by atoms with Crippen molar-refractivity contribution in [3.8, 4) is 0 Å². The van der Waals surface area contributed by atoms with Crippen LogP contribution in [0.3, 0.4) is 0 Å². The van der Waals surface area contributed by atoms with Crippen molar-refractivity contribution in [2.75, 3.05) is 13.1 Å². The van der Waals surface area contributed by atoms with E-state index in [4.69, 9.17) is 0 Å². The van der Waals surface area contributed by atoms with Crippen LogP contribution in [0.1, 0.15) is 83.6 Å². The molecule has 2 amide bonds. The summed E-state index contributed by atoms with van der Waals surface area (Å²) < 4.78 is 40.9. The maximum absolute atomic E-state index is 13.6. The summed E-state index contributed by atoms with van der Waals surface area (Å²) >= 11 is 0. The summed E-state index contributed by atoms with van der Waals surface area (Å²) in [7, 11) is 0. The molecule has 238 valence electrons. The van der Waals surface area contributed by atoms with E-state index in [9.17, 15) is 27.9 Å². The van der Waals surface area contributed by atoms with E-state index in [0.29, 0.717) is 30.8 Å². The molecule has 8 nitrogen and oxygen atoms in total. The molecule has 0 radical (unpaired) electrons. The molecular weight excluding hydrogens is 571 g/mol. The fraction of sp³-hybridized carbons (Fsp3) is 0.485. The second-order valence-corrected chi connectivity index (χ2v) is 11.3. The number of piperidine rings is 1. The Morgan fingerprint density at radius 2 is 1.80 bits per heavy atom. The lowest BCUT2D eigenvalue weighted by Crippen LogP contribution is -2.48. The van der Waals surface area contributed by atoms with Gasteiger partial charge in [-0.25, -0.2) is 0 Å². The SMILES string of the molecule is CCC[C@H]1CCCCN1C(=O)c1cc(C(=O)N[C@@H](Cc2ccccc2)[C@H](O)CNCc2cccc(C(F)(F)F)c2)nn1CC. The predicted molar refractivity (Wildman–Crippen MR) is 162 cm³/mol. The summed E-state index contributed by atoms with van der Waals surface area (Å²) in [6, 6.07) is 15.3. The molecule has 4 rings (SSSR count). The van der Waals surface area contributed by atoms with Gasteiger partial charge in [-0.2, -0.15) is 18.3 Å². The van der Waals surface area contributed by atoms with Gasteiger partial charge in [-0.3, -0.25) is 14.3 Å². The lowest BCUT2D eigenvalue weighted by Gasteiger charge is -2.35. The van der Waals surface area contributed by atoms with Gasteiger partial charge in [-0.05, 0) is 56.2 Å². The van der Waals surface area contributed by atoms with Crippen LogP contribution >= 0.6 is 0 Å². The fourth-order valence-corrected chi connectivity index (χ4v) is 5.75. The highest BCUT2D eigenvalue weighted by atomic mass is 19.4. The van der Waals surface area contributed by atoms with Crippen LogP contribution in [0.15, 0.2) is 60.7 Å². The molecule has 3 N–H and O–H groups in total. The smallest absolute Gasteiger partial charge is 0.390 e. The van der Waals surface area contributed by atoms with Crippen molar-refractivity contribution >= 4 is 11.8 Å². The molecule has 2 heterocycles. The Morgan fingerprint density at radius 1 is 1.05 bits per heavy atom. The molecule has 0 aliphatic carbocycles. The van der Waals surface area contributed by atoms with Gasteiger partial charge in [0.1, 0.15) is 5.69 Å². The van der Waals surface area contributed by atoms with Gasteiger partial charge in [0.15, 0.2) is 5.69 Å². The molecule has 1 fully saturated rings. The lowest BCUT2D eigenvalue weighted by molar-refractivity contribution is -0.137. The monoisotopic (exact) mass is 613 g/mol. The molecule has 0 unspecified atom stereocenters. The van der Waals surface area contributed by atoms with Gasteiger partial charge in [-0.1, -0.05) is 61.9 Å². The van der Waals surface area contributed by atoms with E-state index >= 15 is 0 Å². The molecule has 3 aromatic rings. The third-order valence-corrected chi connectivity index (χ3v) is 8.06. The van der Waals surface area contributed by atoms with Gasteiger partial charge >= 0.3 is 6.18 Å². The molecular formula is C33H42F3N5O3. The third-order valence-electron chi connectivity index (χ3n) is 8.06. The Bertz CT molecular complexity index is 1380. The van der Waals surface area contributed by atoms with E-state index < -0.39 is 29.8 Å². The van der Waals surface area contributed by atoms with Crippen LogP contribution in [0.2, 0.25) is 0 Å². The van der Waals surface area contributed by atoms with Crippen molar-refractivity contribution in [3.63, 3.8) is 0 Å². The molecule has 0 bridgehead atoms. The Kier molecular flexibility index (Phi) is 11.6. The highest BCUT2D eigenvalue weighted by Gasteiger charge is 2.32. The standard InChI is InChI=1S/C33H42F3N5O3/c1-3-11-26-16-8-9-17-40(26)32(44)29-20-28(39-41(29)4-2)31(43)38-27(19-23-12-6-5-7-13-23)30(42)22-37-21-24-14-10-15-25(18-24)33(34,35)36/h5-7,10,12-15,18,20,26-27,30,37,42H,3-4,8-9,11,16-17,19,21-22H2,1-2H3,(H,38,43)/t26-,27-,30+/m0/s1. The number of carbonyl (C=O) groups excluding carboxylic acids is 2. The van der Waals surface area contributed by atoms with Gasteiger partial charge in [0, 0.05) is 38.3 Å². The van der Waals surface area contributed by atoms with Crippen molar-refractivity contribution in [1.82, 2.24) is 25.3 Å². The summed E-state index contributed by atoms with van der Waals surface area (Å²) in [5.41, 5.74) is 1.02. The molecule has 3 atom stereocenters. The van der Waals surface area contributed by atoms with Crippen LogP contribution in [0, 0.1) is 0 Å². The van der Waals surface area contributed by atoms with E-state index in [1.54, 1.807) is 10.7 Å². The number of aromatic nitrogens is 2. The zero-order chi connectivity index (χ0) is 31.7. The number of hydrogen-bond acceptors (Lipinski definition) is 5. The van der Waals surface area contributed by atoms with Crippen molar-refractivity contribution in [1.29, 1.82) is 0 Å². The highest BCUT2D eigenvalue weighted by Crippen LogP contribution is 2.29. The first-order chi connectivity index (χ1) is 21.1. The van der Waals surface area contributed by atoms with E-state index in [1.165, 1.54) is 12.1 Å². The number of alkyl halides is 3. The Morgan fingerprint density at radius 3 is 2.50 bits per heavy atom. The van der Waals surface area contributed by atoms with Gasteiger partial charge < -0.3 is 20.6 Å². The van der Waals surface area contributed by atoms with Crippen molar-refractivity contribution < 1.29 is 27.9 Å². The van der Waals surface area contributed by atoms with Gasteiger partial charge in [-0.15, -0.1) is 0 Å². The van der Waals surface area contributed by atoms with Crippen molar-refractivity contribution in [2.24, 2.45) is 0 Å². The molecule has 1 aliphatic heterocycles. The number of carbonyl (C=O) groups is 2. The number of likely N-dealkylation sites (tertiary alicyclic amines) is 1. The zero-order valence-electron chi connectivity index (χ0n) is 25.3. The summed E-state index contributed by atoms with van der Waals surface area (Å²) in [6.07, 6.45) is -0.284. The van der Waals surface area contributed by atoms with Crippen LogP contribution in [0.25, 0.3) is 0 Å². The zero-order valence-corrected chi connectivity index (χ0v) is 25.3. The van der Waals surface area contributed by atoms with Gasteiger partial charge in [0.2, 0.25) is 0 Å². The topological polar surface area (TPSA) is 99.5 Å². The van der Waals surface area contributed by atoms with Crippen LogP contribution in [0.4, 0.5) is 13.2 Å². The van der Waals surface area contributed by atoms with Crippen molar-refractivity contribution in [2.45, 2.75) is 89.8 Å². The second-order valence-electron chi connectivity index (χ2n) is 11.3. The number of hydrogen-bond donors (Lipinski definition) is 3. The quantitative estimate of drug-likeness (QED) is 0.246. The third kappa shape index (κ3) is 8.69. The summed E-state index contributed by atoms with van der Waals surface area (Å²) in [6.45, 7) is 5.19. The molecule has 0 saturated carbocycles. The number of aliphatic hydroxyl groups excluding tert-OH is 1. The van der Waals surface area contributed by atoms with Crippen LogP contribution in [-0.4, -0.2) is 62.9 Å². The van der Waals surface area contributed by atoms with Gasteiger partial charge in [0.05, 0.1) is 17.7 Å². The Labute approximate surface area is 256 Å². The molecule has 44 heavy (non-hydrogen) atoms. The molecule has 1 aliphatic rings.